The van der Waals surface area contributed by atoms with E-state index >= 15 is 0 Å². The van der Waals surface area contributed by atoms with E-state index in [0.717, 1.165) is 11.3 Å². The van der Waals surface area contributed by atoms with Crippen LogP contribution in [0.25, 0.3) is 0 Å². The molecule has 2 aromatic carbocycles. The first-order chi connectivity index (χ1) is 13.6. The van der Waals surface area contributed by atoms with Gasteiger partial charge in [-0.3, -0.25) is 10.6 Å². The van der Waals surface area contributed by atoms with E-state index in [1.807, 2.05) is 60.7 Å². The molecular formula is C21H22N4O2S. The van der Waals surface area contributed by atoms with E-state index < -0.39 is 6.04 Å². The van der Waals surface area contributed by atoms with Gasteiger partial charge in [0, 0.05) is 24.5 Å². The van der Waals surface area contributed by atoms with Gasteiger partial charge < -0.3 is 20.0 Å². The standard InChI is InChI=1S/C21H22N4O2S/c1-24(16-10-6-3-7-11-16)20(27)19(15-8-4-2-5-9-15)25-13-12-18(23-22)17(14-26)21(25)28/h2-13,19,23,26H,14,22H2,1H3. The molecule has 0 aliphatic rings. The van der Waals surface area contributed by atoms with Gasteiger partial charge in [0.1, 0.15) is 10.7 Å². The van der Waals surface area contributed by atoms with Gasteiger partial charge in [-0.1, -0.05) is 60.7 Å². The first kappa shape index (κ1) is 19.8. The van der Waals surface area contributed by atoms with Gasteiger partial charge in [0.05, 0.1) is 12.3 Å². The van der Waals surface area contributed by atoms with Crippen LogP contribution in [0, 0.1) is 4.64 Å². The highest BCUT2D eigenvalue weighted by molar-refractivity contribution is 7.71. The maximum absolute atomic E-state index is 13.5. The molecule has 1 unspecified atom stereocenters. The van der Waals surface area contributed by atoms with Crippen molar-refractivity contribution in [2.24, 2.45) is 5.84 Å². The lowest BCUT2D eigenvalue weighted by atomic mass is 10.0. The number of para-hydroxylation sites is 1. The molecule has 1 atom stereocenters. The molecule has 1 heterocycles. The highest BCUT2D eigenvalue weighted by Crippen LogP contribution is 2.27. The number of nitrogen functional groups attached to an aromatic ring is 1. The Morgan fingerprint density at radius 1 is 1.14 bits per heavy atom. The van der Waals surface area contributed by atoms with Crippen LogP contribution in [0.3, 0.4) is 0 Å². The fraction of sp³-hybridized carbons (Fsp3) is 0.143. The molecule has 3 rings (SSSR count). The molecule has 0 saturated carbocycles. The van der Waals surface area contributed by atoms with Crippen LogP contribution in [0.4, 0.5) is 11.4 Å². The number of aliphatic hydroxyl groups is 1. The van der Waals surface area contributed by atoms with E-state index in [1.54, 1.807) is 28.8 Å². The van der Waals surface area contributed by atoms with Crippen molar-refractivity contribution in [2.45, 2.75) is 12.6 Å². The SMILES string of the molecule is CN(C(=O)C(c1ccccc1)n1ccc(NN)c(CO)c1=S)c1ccccc1. The normalized spacial score (nSPS) is 11.7. The second-order valence-corrected chi connectivity index (χ2v) is 6.66. The van der Waals surface area contributed by atoms with E-state index in [0.29, 0.717) is 15.9 Å². The number of amides is 1. The Morgan fingerprint density at radius 2 is 1.75 bits per heavy atom. The number of carbonyl (C=O) groups is 1. The Kier molecular flexibility index (Phi) is 6.20. The van der Waals surface area contributed by atoms with E-state index in [-0.39, 0.29) is 12.5 Å². The average molecular weight is 395 g/mol. The minimum atomic E-state index is -0.684. The predicted octanol–water partition coefficient (Wildman–Crippen LogP) is 3.25. The van der Waals surface area contributed by atoms with Gasteiger partial charge in [0.15, 0.2) is 0 Å². The van der Waals surface area contributed by atoms with E-state index in [9.17, 15) is 9.90 Å². The lowest BCUT2D eigenvalue weighted by Crippen LogP contribution is -2.35. The third-order valence-electron chi connectivity index (χ3n) is 4.63. The van der Waals surface area contributed by atoms with Crippen LogP contribution in [-0.2, 0) is 11.4 Å². The zero-order valence-electron chi connectivity index (χ0n) is 15.4. The van der Waals surface area contributed by atoms with Crippen molar-refractivity contribution in [2.75, 3.05) is 17.4 Å². The van der Waals surface area contributed by atoms with Crippen LogP contribution in [0.15, 0.2) is 72.9 Å². The lowest BCUT2D eigenvalue weighted by Gasteiger charge is -2.27. The number of rotatable bonds is 6. The number of likely N-dealkylation sites (N-methyl/N-ethyl adjacent to an activating group) is 1. The van der Waals surface area contributed by atoms with Gasteiger partial charge in [0.2, 0.25) is 0 Å². The van der Waals surface area contributed by atoms with Crippen molar-refractivity contribution in [1.29, 1.82) is 0 Å². The number of aromatic nitrogens is 1. The summed E-state index contributed by atoms with van der Waals surface area (Å²) >= 11 is 5.58. The summed E-state index contributed by atoms with van der Waals surface area (Å²) in [6, 6.07) is 19.9. The molecule has 144 valence electrons. The number of nitrogens with zero attached hydrogens (tertiary/aromatic N) is 2. The molecule has 1 aromatic heterocycles. The highest BCUT2D eigenvalue weighted by Gasteiger charge is 2.27. The Balaban J connectivity index is 2.14. The summed E-state index contributed by atoms with van der Waals surface area (Å²) in [7, 11) is 1.74. The largest absolute Gasteiger partial charge is 0.391 e. The van der Waals surface area contributed by atoms with E-state index in [4.69, 9.17) is 18.1 Å². The summed E-state index contributed by atoms with van der Waals surface area (Å²) in [6.45, 7) is -0.288. The van der Waals surface area contributed by atoms with Crippen LogP contribution in [0.2, 0.25) is 0 Å². The number of hydrazine groups is 1. The summed E-state index contributed by atoms with van der Waals surface area (Å²) in [6.07, 6.45) is 1.71. The fourth-order valence-electron chi connectivity index (χ4n) is 3.11. The van der Waals surface area contributed by atoms with Crippen LogP contribution in [-0.4, -0.2) is 22.6 Å². The first-order valence-corrected chi connectivity index (χ1v) is 9.18. The van der Waals surface area contributed by atoms with Gasteiger partial charge in [-0.15, -0.1) is 0 Å². The van der Waals surface area contributed by atoms with Crippen molar-refractivity contribution >= 4 is 29.5 Å². The second kappa shape index (κ2) is 8.79. The van der Waals surface area contributed by atoms with Crippen molar-refractivity contribution in [3.05, 3.63) is 88.7 Å². The Bertz CT molecular complexity index is 1010. The summed E-state index contributed by atoms with van der Waals surface area (Å²) in [4.78, 5) is 15.1. The molecule has 0 aliphatic carbocycles. The smallest absolute Gasteiger partial charge is 0.254 e. The van der Waals surface area contributed by atoms with Crippen LogP contribution < -0.4 is 16.2 Å². The first-order valence-electron chi connectivity index (χ1n) is 8.77. The fourth-order valence-corrected chi connectivity index (χ4v) is 3.45. The summed E-state index contributed by atoms with van der Waals surface area (Å²) < 4.78 is 2.04. The number of hydrogen-bond acceptors (Lipinski definition) is 5. The second-order valence-electron chi connectivity index (χ2n) is 6.27. The van der Waals surface area contributed by atoms with Crippen molar-refractivity contribution in [3.8, 4) is 0 Å². The highest BCUT2D eigenvalue weighted by atomic mass is 32.1. The minimum absolute atomic E-state index is 0.147. The number of carbonyl (C=O) groups excluding carboxylic acids is 1. The number of hydrogen-bond donors (Lipinski definition) is 3. The Hall–Kier alpha value is -3.00. The quantitative estimate of drug-likeness (QED) is 0.340. The van der Waals surface area contributed by atoms with Gasteiger partial charge in [-0.05, 0) is 23.8 Å². The van der Waals surface area contributed by atoms with Gasteiger partial charge in [-0.25, -0.2) is 0 Å². The van der Waals surface area contributed by atoms with Crippen molar-refractivity contribution < 1.29 is 9.90 Å². The summed E-state index contributed by atoms with van der Waals surface area (Å²) in [5, 5.41) is 9.76. The van der Waals surface area contributed by atoms with Crippen molar-refractivity contribution in [3.63, 3.8) is 0 Å². The molecule has 0 saturated heterocycles. The molecule has 1 amide bonds. The molecule has 0 spiro atoms. The molecule has 6 nitrogen and oxygen atoms in total. The summed E-state index contributed by atoms with van der Waals surface area (Å²) in [5.74, 6) is 5.38. The zero-order valence-corrected chi connectivity index (χ0v) is 16.3. The van der Waals surface area contributed by atoms with Crippen LogP contribution in [0.5, 0.6) is 0 Å². The molecule has 0 aliphatic heterocycles. The molecule has 7 heteroatoms. The Labute approximate surface area is 168 Å². The van der Waals surface area contributed by atoms with Crippen LogP contribution >= 0.6 is 12.2 Å². The Morgan fingerprint density at radius 3 is 2.32 bits per heavy atom. The monoisotopic (exact) mass is 394 g/mol. The number of pyridine rings is 1. The summed E-state index contributed by atoms with van der Waals surface area (Å²) in [5.41, 5.74) is 5.11. The van der Waals surface area contributed by atoms with Gasteiger partial charge >= 0.3 is 0 Å². The number of aliphatic hydroxyl groups excluding tert-OH is 1. The molecule has 28 heavy (non-hydrogen) atoms. The van der Waals surface area contributed by atoms with Crippen LogP contribution in [0.1, 0.15) is 17.2 Å². The lowest BCUT2D eigenvalue weighted by molar-refractivity contribution is -0.120. The maximum Gasteiger partial charge on any atom is 0.254 e. The topological polar surface area (TPSA) is 83.5 Å². The average Bonchev–Trinajstić information content (AvgIpc) is 2.75. The molecule has 0 radical (unpaired) electrons. The predicted molar refractivity (Wildman–Crippen MR) is 113 cm³/mol. The number of nitrogens with two attached hydrogens (primary N) is 1. The maximum atomic E-state index is 13.5. The zero-order chi connectivity index (χ0) is 20.1. The molecule has 4 N–H and O–H groups in total. The third kappa shape index (κ3) is 3.82. The minimum Gasteiger partial charge on any atom is -0.391 e. The van der Waals surface area contributed by atoms with E-state index in [1.165, 1.54) is 0 Å². The van der Waals surface area contributed by atoms with Gasteiger partial charge in [0.25, 0.3) is 5.91 Å². The molecule has 3 aromatic rings. The van der Waals surface area contributed by atoms with Crippen molar-refractivity contribution in [1.82, 2.24) is 4.57 Å². The third-order valence-corrected chi connectivity index (χ3v) is 5.09. The molecular weight excluding hydrogens is 372 g/mol. The number of benzene rings is 2. The molecule has 0 fully saturated rings. The van der Waals surface area contributed by atoms with Gasteiger partial charge in [-0.2, -0.15) is 0 Å². The number of anilines is 2. The molecule has 0 bridgehead atoms. The number of nitrogens with one attached hydrogen (secondary N) is 1. The van der Waals surface area contributed by atoms with E-state index in [2.05, 4.69) is 5.43 Å².